The van der Waals surface area contributed by atoms with Crippen molar-refractivity contribution in [3.63, 3.8) is 0 Å². The van der Waals surface area contributed by atoms with Gasteiger partial charge < -0.3 is 9.80 Å². The summed E-state index contributed by atoms with van der Waals surface area (Å²) in [5, 5.41) is 0.346. The van der Waals surface area contributed by atoms with Crippen molar-refractivity contribution >= 4 is 38.9 Å². The summed E-state index contributed by atoms with van der Waals surface area (Å²) in [4.78, 5) is 16.7. The van der Waals surface area contributed by atoms with E-state index in [0.717, 1.165) is 22.7 Å². The average Bonchev–Trinajstić information content (AvgIpc) is 2.75. The zero-order chi connectivity index (χ0) is 24.4. The van der Waals surface area contributed by atoms with Crippen molar-refractivity contribution in [1.29, 1.82) is 0 Å². The summed E-state index contributed by atoms with van der Waals surface area (Å²) in [5.74, 6) is -0.355. The number of piperazine rings is 1. The van der Waals surface area contributed by atoms with Gasteiger partial charge >= 0.3 is 6.18 Å². The van der Waals surface area contributed by atoms with Crippen LogP contribution in [-0.2, 0) is 21.0 Å². The Morgan fingerprint density at radius 1 is 1.09 bits per heavy atom. The monoisotopic (exact) mass is 503 g/mol. The minimum atomic E-state index is -4.43. The van der Waals surface area contributed by atoms with Crippen molar-refractivity contribution in [1.82, 2.24) is 4.90 Å². The molecule has 1 atom stereocenters. The smallest absolute Gasteiger partial charge is 0.368 e. The molecule has 1 amide bonds. The Morgan fingerprint density at radius 3 is 2.27 bits per heavy atom. The van der Waals surface area contributed by atoms with Crippen molar-refractivity contribution < 1.29 is 26.4 Å². The summed E-state index contributed by atoms with van der Waals surface area (Å²) in [7, 11) is -3.79. The topological polar surface area (TPSA) is 60.9 Å². The van der Waals surface area contributed by atoms with Gasteiger partial charge in [0, 0.05) is 36.9 Å². The number of carbonyl (C=O) groups is 1. The van der Waals surface area contributed by atoms with E-state index < -0.39 is 27.8 Å². The van der Waals surface area contributed by atoms with Crippen LogP contribution in [0, 0.1) is 0 Å². The predicted molar refractivity (Wildman–Crippen MR) is 123 cm³/mol. The molecule has 3 rings (SSSR count). The molecule has 0 aromatic heterocycles. The summed E-state index contributed by atoms with van der Waals surface area (Å²) in [6, 6.07) is 10.4. The molecule has 1 aliphatic heterocycles. The number of sulfonamides is 1. The number of hydrogen-bond acceptors (Lipinski definition) is 4. The van der Waals surface area contributed by atoms with Crippen molar-refractivity contribution in [2.75, 3.05) is 41.6 Å². The summed E-state index contributed by atoms with van der Waals surface area (Å²) >= 11 is 6.04. The molecule has 1 fully saturated rings. The van der Waals surface area contributed by atoms with Crippen molar-refractivity contribution in [2.24, 2.45) is 0 Å². The van der Waals surface area contributed by atoms with Crippen LogP contribution in [0.2, 0.25) is 5.02 Å². The van der Waals surface area contributed by atoms with Gasteiger partial charge in [-0.05, 0) is 42.8 Å². The van der Waals surface area contributed by atoms with Gasteiger partial charge in [0.15, 0.2) is 0 Å². The second kappa shape index (κ2) is 9.80. The quantitative estimate of drug-likeness (QED) is 0.591. The molecular formula is C22H25ClF3N3O3S. The fraction of sp³-hybridized carbons (Fsp3) is 0.409. The van der Waals surface area contributed by atoms with Gasteiger partial charge in [-0.25, -0.2) is 8.42 Å². The first-order valence-electron chi connectivity index (χ1n) is 10.4. The van der Waals surface area contributed by atoms with Crippen LogP contribution >= 0.6 is 11.6 Å². The molecule has 0 radical (unpaired) electrons. The lowest BCUT2D eigenvalue weighted by molar-refractivity contribution is -0.137. The van der Waals surface area contributed by atoms with Crippen LogP contribution in [0.15, 0.2) is 48.5 Å². The number of benzene rings is 2. The molecule has 6 nitrogen and oxygen atoms in total. The molecule has 0 spiro atoms. The Morgan fingerprint density at radius 2 is 1.73 bits per heavy atom. The Hall–Kier alpha value is -2.46. The second-order valence-corrected chi connectivity index (χ2v) is 10.1. The second-order valence-electron chi connectivity index (χ2n) is 7.82. The molecule has 2 aromatic rings. The van der Waals surface area contributed by atoms with Crippen LogP contribution in [0.5, 0.6) is 0 Å². The van der Waals surface area contributed by atoms with E-state index in [1.165, 1.54) is 12.1 Å². The molecule has 0 unspecified atom stereocenters. The van der Waals surface area contributed by atoms with E-state index in [-0.39, 0.29) is 25.4 Å². The highest BCUT2D eigenvalue weighted by Gasteiger charge is 2.36. The number of hydrogen-bond donors (Lipinski definition) is 0. The zero-order valence-electron chi connectivity index (χ0n) is 18.2. The Labute approximate surface area is 196 Å². The number of carbonyl (C=O) groups excluding carboxylic acids is 1. The van der Waals surface area contributed by atoms with E-state index in [2.05, 4.69) is 0 Å². The van der Waals surface area contributed by atoms with Crippen molar-refractivity contribution in [3.05, 3.63) is 59.1 Å². The van der Waals surface area contributed by atoms with Crippen LogP contribution in [0.3, 0.4) is 0 Å². The van der Waals surface area contributed by atoms with E-state index in [9.17, 15) is 26.4 Å². The zero-order valence-corrected chi connectivity index (χ0v) is 19.8. The molecule has 0 saturated carbocycles. The molecule has 1 heterocycles. The van der Waals surface area contributed by atoms with Crippen LogP contribution in [0.4, 0.5) is 24.5 Å². The molecule has 0 bridgehead atoms. The van der Waals surface area contributed by atoms with Crippen LogP contribution in [0.1, 0.15) is 18.9 Å². The first-order chi connectivity index (χ1) is 15.4. The van der Waals surface area contributed by atoms with Gasteiger partial charge in [-0.1, -0.05) is 30.7 Å². The fourth-order valence-corrected chi connectivity index (χ4v) is 5.31. The number of halogens is 4. The van der Waals surface area contributed by atoms with Crippen molar-refractivity contribution in [2.45, 2.75) is 25.6 Å². The maximum Gasteiger partial charge on any atom is 0.416 e. The number of anilines is 2. The van der Waals surface area contributed by atoms with Crippen LogP contribution in [0.25, 0.3) is 0 Å². The molecule has 33 heavy (non-hydrogen) atoms. The Bertz CT molecular complexity index is 1100. The van der Waals surface area contributed by atoms with E-state index in [1.807, 2.05) is 0 Å². The Kier molecular flexibility index (Phi) is 7.48. The first kappa shape index (κ1) is 25.2. The third-order valence-electron chi connectivity index (χ3n) is 5.50. The average molecular weight is 504 g/mol. The molecule has 1 saturated heterocycles. The van der Waals surface area contributed by atoms with Gasteiger partial charge in [0.05, 0.1) is 17.5 Å². The molecule has 180 valence electrons. The predicted octanol–water partition coefficient (Wildman–Crippen LogP) is 4.25. The number of nitrogens with zero attached hydrogens (tertiary/aromatic N) is 3. The van der Waals surface area contributed by atoms with Gasteiger partial charge in [0.2, 0.25) is 15.9 Å². The third kappa shape index (κ3) is 5.92. The molecule has 0 aliphatic carbocycles. The number of alkyl halides is 3. The maximum absolute atomic E-state index is 13.3. The molecule has 2 aromatic carbocycles. The van der Waals surface area contributed by atoms with E-state index in [0.29, 0.717) is 29.5 Å². The highest BCUT2D eigenvalue weighted by molar-refractivity contribution is 7.92. The maximum atomic E-state index is 13.3. The van der Waals surface area contributed by atoms with E-state index in [4.69, 9.17) is 11.6 Å². The Balaban J connectivity index is 1.77. The minimum Gasteiger partial charge on any atom is -0.368 e. The first-order valence-corrected chi connectivity index (χ1v) is 12.6. The summed E-state index contributed by atoms with van der Waals surface area (Å²) in [5.41, 5.74) is 0.00308. The van der Waals surface area contributed by atoms with Gasteiger partial charge in [0.25, 0.3) is 0 Å². The lowest BCUT2D eigenvalue weighted by Crippen LogP contribution is -2.56. The molecule has 11 heteroatoms. The summed E-state index contributed by atoms with van der Waals surface area (Å²) in [6.07, 6.45) is -3.15. The van der Waals surface area contributed by atoms with Gasteiger partial charge in [-0.3, -0.25) is 9.10 Å². The summed E-state index contributed by atoms with van der Waals surface area (Å²) < 4.78 is 65.4. The highest BCUT2D eigenvalue weighted by atomic mass is 35.5. The van der Waals surface area contributed by atoms with Crippen LogP contribution < -0.4 is 9.21 Å². The van der Waals surface area contributed by atoms with E-state index in [1.54, 1.807) is 41.0 Å². The molecule has 0 N–H and O–H groups in total. The SMILES string of the molecule is CC[C@H](C(=O)N1CCN(c2cccc(C(F)(F)F)c2)CC1)N(c1cccc(Cl)c1)S(C)(=O)=O. The van der Waals surface area contributed by atoms with Crippen molar-refractivity contribution in [3.8, 4) is 0 Å². The molecule has 1 aliphatic rings. The van der Waals surface area contributed by atoms with E-state index >= 15 is 0 Å². The van der Waals surface area contributed by atoms with Gasteiger partial charge in [0.1, 0.15) is 6.04 Å². The number of rotatable bonds is 6. The standard InChI is InChI=1S/C22H25ClF3N3O3S/c1-3-20(29(33(2,31)32)19-9-5-7-17(23)15-19)21(30)28-12-10-27(11-13-28)18-8-4-6-16(14-18)22(24,25)26/h4-9,14-15,20H,3,10-13H2,1-2H3/t20-/m1/s1. The van der Waals surface area contributed by atoms with Gasteiger partial charge in [-0.15, -0.1) is 0 Å². The molecular weight excluding hydrogens is 479 g/mol. The lowest BCUT2D eigenvalue weighted by Gasteiger charge is -2.39. The van der Waals surface area contributed by atoms with Crippen LogP contribution in [-0.4, -0.2) is 57.7 Å². The fourth-order valence-electron chi connectivity index (χ4n) is 3.93. The number of amides is 1. The third-order valence-corrected chi connectivity index (χ3v) is 6.92. The largest absolute Gasteiger partial charge is 0.416 e. The highest BCUT2D eigenvalue weighted by Crippen LogP contribution is 2.32. The minimum absolute atomic E-state index is 0.242. The van der Waals surface area contributed by atoms with Gasteiger partial charge in [-0.2, -0.15) is 13.2 Å². The normalized spacial score (nSPS) is 15.9. The summed E-state index contributed by atoms with van der Waals surface area (Å²) in [6.45, 7) is 2.92. The lowest BCUT2D eigenvalue weighted by atomic mass is 10.1.